The highest BCUT2D eigenvalue weighted by Crippen LogP contribution is 2.15. The molecule has 2 N–H and O–H groups in total. The summed E-state index contributed by atoms with van der Waals surface area (Å²) in [5.41, 5.74) is 2.66. The van der Waals surface area contributed by atoms with Gasteiger partial charge in [-0.25, -0.2) is 0 Å². The van der Waals surface area contributed by atoms with E-state index in [0.29, 0.717) is 18.7 Å². The van der Waals surface area contributed by atoms with Crippen molar-refractivity contribution in [2.75, 3.05) is 38.0 Å². The fourth-order valence-corrected chi connectivity index (χ4v) is 2.22. The number of methoxy groups -OCH3 is 1. The van der Waals surface area contributed by atoms with Crippen LogP contribution in [0, 0.1) is 0 Å². The maximum Gasteiger partial charge on any atom is 0.313 e. The van der Waals surface area contributed by atoms with Crippen molar-refractivity contribution >= 4 is 23.2 Å². The molecule has 2 aromatic rings. The van der Waals surface area contributed by atoms with Crippen LogP contribution in [0.5, 0.6) is 5.75 Å². The quantitative estimate of drug-likeness (QED) is 0.789. The number of benzene rings is 2. The van der Waals surface area contributed by atoms with Crippen LogP contribution in [0.2, 0.25) is 0 Å². The van der Waals surface area contributed by atoms with Gasteiger partial charge in [-0.2, -0.15) is 0 Å². The van der Waals surface area contributed by atoms with Gasteiger partial charge in [0.1, 0.15) is 5.75 Å². The fraction of sp³-hybridized carbons (Fsp3) is 0.263. The third-order valence-electron chi connectivity index (χ3n) is 3.71. The molecule has 2 amide bonds. The molecule has 6 heteroatoms. The van der Waals surface area contributed by atoms with Crippen LogP contribution in [-0.2, 0) is 16.0 Å². The first-order chi connectivity index (χ1) is 12.0. The van der Waals surface area contributed by atoms with Gasteiger partial charge in [-0.05, 0) is 48.4 Å². The molecule has 0 aliphatic heterocycles. The van der Waals surface area contributed by atoms with E-state index >= 15 is 0 Å². The summed E-state index contributed by atoms with van der Waals surface area (Å²) in [6, 6.07) is 14.8. The smallest absolute Gasteiger partial charge is 0.313 e. The zero-order valence-corrected chi connectivity index (χ0v) is 14.7. The molecule has 0 fully saturated rings. The highest BCUT2D eigenvalue weighted by atomic mass is 16.5. The molecule has 0 bridgehead atoms. The van der Waals surface area contributed by atoms with E-state index in [1.54, 1.807) is 19.2 Å². The Kier molecular flexibility index (Phi) is 6.39. The normalized spacial score (nSPS) is 10.0. The van der Waals surface area contributed by atoms with Crippen LogP contribution < -0.4 is 20.3 Å². The zero-order chi connectivity index (χ0) is 18.2. The van der Waals surface area contributed by atoms with Gasteiger partial charge < -0.3 is 20.3 Å². The Morgan fingerprint density at radius 1 is 0.960 bits per heavy atom. The van der Waals surface area contributed by atoms with Crippen molar-refractivity contribution in [1.29, 1.82) is 0 Å². The second-order valence-electron chi connectivity index (χ2n) is 5.75. The maximum absolute atomic E-state index is 11.9. The number of carbonyl (C=O) groups is 2. The fourth-order valence-electron chi connectivity index (χ4n) is 2.22. The largest absolute Gasteiger partial charge is 0.497 e. The minimum atomic E-state index is -0.674. The van der Waals surface area contributed by atoms with E-state index in [2.05, 4.69) is 10.6 Å². The SMILES string of the molecule is COc1ccc(CCNC(=O)C(=O)Nc2ccc(N(C)C)cc2)cc1. The molecule has 0 saturated heterocycles. The first-order valence-electron chi connectivity index (χ1n) is 7.99. The van der Waals surface area contributed by atoms with Crippen molar-refractivity contribution < 1.29 is 14.3 Å². The molecule has 0 aliphatic rings. The lowest BCUT2D eigenvalue weighted by molar-refractivity contribution is -0.136. The molecule has 0 spiro atoms. The number of hydrogen-bond acceptors (Lipinski definition) is 4. The van der Waals surface area contributed by atoms with Gasteiger partial charge >= 0.3 is 11.8 Å². The van der Waals surface area contributed by atoms with E-state index in [1.807, 2.05) is 55.4 Å². The first-order valence-corrected chi connectivity index (χ1v) is 7.99. The second-order valence-corrected chi connectivity index (χ2v) is 5.75. The molecule has 0 unspecified atom stereocenters. The Morgan fingerprint density at radius 2 is 1.60 bits per heavy atom. The Morgan fingerprint density at radius 3 is 2.16 bits per heavy atom. The summed E-state index contributed by atoms with van der Waals surface area (Å²) in [4.78, 5) is 25.7. The monoisotopic (exact) mass is 341 g/mol. The number of amides is 2. The third kappa shape index (κ3) is 5.53. The summed E-state index contributed by atoms with van der Waals surface area (Å²) in [6.07, 6.45) is 0.639. The average Bonchev–Trinajstić information content (AvgIpc) is 2.62. The van der Waals surface area contributed by atoms with Crippen LogP contribution in [0.3, 0.4) is 0 Å². The van der Waals surface area contributed by atoms with Gasteiger partial charge in [-0.15, -0.1) is 0 Å². The van der Waals surface area contributed by atoms with Gasteiger partial charge in [-0.1, -0.05) is 12.1 Å². The Balaban J connectivity index is 1.78. The highest BCUT2D eigenvalue weighted by molar-refractivity contribution is 6.39. The molecule has 0 saturated carbocycles. The number of ether oxygens (including phenoxy) is 1. The van der Waals surface area contributed by atoms with Gasteiger partial charge in [0.05, 0.1) is 7.11 Å². The summed E-state index contributed by atoms with van der Waals surface area (Å²) in [5.74, 6) is -0.537. The van der Waals surface area contributed by atoms with Gasteiger partial charge in [0.2, 0.25) is 0 Å². The summed E-state index contributed by atoms with van der Waals surface area (Å²) < 4.78 is 5.09. The first kappa shape index (κ1) is 18.3. The molecular weight excluding hydrogens is 318 g/mol. The minimum Gasteiger partial charge on any atom is -0.497 e. The van der Waals surface area contributed by atoms with Gasteiger partial charge in [0.15, 0.2) is 0 Å². The second kappa shape index (κ2) is 8.73. The maximum atomic E-state index is 11.9. The molecule has 0 atom stereocenters. The molecule has 25 heavy (non-hydrogen) atoms. The van der Waals surface area contributed by atoms with Gasteiger partial charge in [-0.3, -0.25) is 9.59 Å². The molecule has 0 radical (unpaired) electrons. The lowest BCUT2D eigenvalue weighted by atomic mass is 10.1. The van der Waals surface area contributed by atoms with Crippen LogP contribution in [-0.4, -0.2) is 39.6 Å². The standard InChI is InChI=1S/C19H23N3O3/c1-22(2)16-8-6-15(7-9-16)21-19(24)18(23)20-13-12-14-4-10-17(25-3)11-5-14/h4-11H,12-13H2,1-3H3,(H,20,23)(H,21,24). The van der Waals surface area contributed by atoms with Crippen molar-refractivity contribution in [2.45, 2.75) is 6.42 Å². The van der Waals surface area contributed by atoms with Crippen molar-refractivity contribution in [2.24, 2.45) is 0 Å². The highest BCUT2D eigenvalue weighted by Gasteiger charge is 2.13. The zero-order valence-electron chi connectivity index (χ0n) is 14.7. The molecule has 2 rings (SSSR count). The van der Waals surface area contributed by atoms with Crippen LogP contribution in [0.1, 0.15) is 5.56 Å². The predicted octanol–water partition coefficient (Wildman–Crippen LogP) is 2.06. The van der Waals surface area contributed by atoms with Crippen molar-refractivity contribution in [1.82, 2.24) is 5.32 Å². The number of rotatable bonds is 6. The van der Waals surface area contributed by atoms with E-state index in [1.165, 1.54) is 0 Å². The summed E-state index contributed by atoms with van der Waals surface area (Å²) in [7, 11) is 5.48. The van der Waals surface area contributed by atoms with Crippen molar-refractivity contribution in [3.63, 3.8) is 0 Å². The lowest BCUT2D eigenvalue weighted by Crippen LogP contribution is -2.36. The number of anilines is 2. The number of hydrogen-bond donors (Lipinski definition) is 2. The summed E-state index contributed by atoms with van der Waals surface area (Å²) in [5, 5.41) is 5.20. The van der Waals surface area contributed by atoms with E-state index in [9.17, 15) is 9.59 Å². The van der Waals surface area contributed by atoms with Crippen LogP contribution in [0.4, 0.5) is 11.4 Å². The molecule has 0 heterocycles. The predicted molar refractivity (Wildman–Crippen MR) is 99.1 cm³/mol. The number of carbonyl (C=O) groups excluding carboxylic acids is 2. The average molecular weight is 341 g/mol. The van der Waals surface area contributed by atoms with E-state index in [0.717, 1.165) is 17.0 Å². The molecule has 2 aromatic carbocycles. The van der Waals surface area contributed by atoms with E-state index < -0.39 is 11.8 Å². The Labute approximate surface area is 147 Å². The number of nitrogens with zero attached hydrogens (tertiary/aromatic N) is 1. The van der Waals surface area contributed by atoms with Crippen molar-refractivity contribution in [3.8, 4) is 5.75 Å². The summed E-state index contributed by atoms with van der Waals surface area (Å²) in [6.45, 7) is 0.387. The van der Waals surface area contributed by atoms with Crippen LogP contribution in [0.15, 0.2) is 48.5 Å². The van der Waals surface area contributed by atoms with Crippen molar-refractivity contribution in [3.05, 3.63) is 54.1 Å². The topological polar surface area (TPSA) is 70.7 Å². The lowest BCUT2D eigenvalue weighted by Gasteiger charge is -2.13. The van der Waals surface area contributed by atoms with Gasteiger partial charge in [0, 0.05) is 32.0 Å². The molecule has 0 aliphatic carbocycles. The van der Waals surface area contributed by atoms with E-state index in [4.69, 9.17) is 4.74 Å². The Bertz CT molecular complexity index is 710. The molecular formula is C19H23N3O3. The van der Waals surface area contributed by atoms with E-state index in [-0.39, 0.29) is 0 Å². The molecule has 6 nitrogen and oxygen atoms in total. The minimum absolute atomic E-state index is 0.387. The molecule has 0 aromatic heterocycles. The van der Waals surface area contributed by atoms with Gasteiger partial charge in [0.25, 0.3) is 0 Å². The molecule has 132 valence electrons. The Hall–Kier alpha value is -3.02. The third-order valence-corrected chi connectivity index (χ3v) is 3.71. The van der Waals surface area contributed by atoms with Crippen LogP contribution >= 0.6 is 0 Å². The number of nitrogens with one attached hydrogen (secondary N) is 2. The summed E-state index contributed by atoms with van der Waals surface area (Å²) >= 11 is 0. The van der Waals surface area contributed by atoms with Crippen LogP contribution in [0.25, 0.3) is 0 Å².